The fraction of sp³-hybridized carbons (Fsp3) is 0.889. The lowest BCUT2D eigenvalue weighted by molar-refractivity contribution is -0.144. The predicted molar refractivity (Wildman–Crippen MR) is 48.4 cm³/mol. The fourth-order valence-electron chi connectivity index (χ4n) is 2.04. The number of amides is 1. The summed E-state index contributed by atoms with van der Waals surface area (Å²) in [6, 6.07) is 0.396. The number of ether oxygens (including phenoxy) is 1. The third-order valence-corrected chi connectivity index (χ3v) is 2.97. The average molecular weight is 184 g/mol. The van der Waals surface area contributed by atoms with Crippen molar-refractivity contribution in [2.75, 3.05) is 19.7 Å². The van der Waals surface area contributed by atoms with Crippen LogP contribution in [0, 0.1) is 0 Å². The molecule has 4 nitrogen and oxygen atoms in total. The number of hydrogen-bond donors (Lipinski definition) is 2. The highest BCUT2D eigenvalue weighted by Crippen LogP contribution is 2.23. The van der Waals surface area contributed by atoms with Crippen LogP contribution >= 0.6 is 0 Å². The van der Waals surface area contributed by atoms with E-state index in [1.54, 1.807) is 0 Å². The van der Waals surface area contributed by atoms with Crippen LogP contribution in [0.1, 0.15) is 19.8 Å². The Morgan fingerprint density at radius 3 is 3.00 bits per heavy atom. The van der Waals surface area contributed by atoms with Crippen molar-refractivity contribution in [3.05, 3.63) is 0 Å². The molecule has 2 unspecified atom stereocenters. The molecule has 2 aliphatic rings. The molecule has 0 spiro atoms. The number of carbonyl (C=O) groups excluding carboxylic acids is 1. The Balaban J connectivity index is 1.98. The maximum Gasteiger partial charge on any atom is 0.246 e. The van der Waals surface area contributed by atoms with Crippen molar-refractivity contribution in [3.8, 4) is 0 Å². The molecule has 2 fully saturated rings. The van der Waals surface area contributed by atoms with Crippen molar-refractivity contribution in [1.29, 1.82) is 0 Å². The molecule has 0 aromatic heterocycles. The summed E-state index contributed by atoms with van der Waals surface area (Å²) in [6.07, 6.45) is 2.35. The summed E-state index contributed by atoms with van der Waals surface area (Å²) in [6.45, 7) is 3.96. The Morgan fingerprint density at radius 1 is 1.62 bits per heavy atom. The lowest BCUT2D eigenvalue weighted by Crippen LogP contribution is -2.59. The number of rotatable bonds is 1. The van der Waals surface area contributed by atoms with Crippen LogP contribution in [0.4, 0.5) is 0 Å². The van der Waals surface area contributed by atoms with Crippen molar-refractivity contribution in [2.24, 2.45) is 0 Å². The summed E-state index contributed by atoms with van der Waals surface area (Å²) >= 11 is 0. The quantitative estimate of drug-likeness (QED) is 0.585. The van der Waals surface area contributed by atoms with Gasteiger partial charge in [0.2, 0.25) is 5.91 Å². The highest BCUT2D eigenvalue weighted by atomic mass is 16.5. The van der Waals surface area contributed by atoms with Crippen molar-refractivity contribution in [3.63, 3.8) is 0 Å². The first kappa shape index (κ1) is 8.97. The van der Waals surface area contributed by atoms with Crippen LogP contribution < -0.4 is 10.6 Å². The Bertz CT molecular complexity index is 202. The number of carbonyl (C=O) groups is 1. The molecule has 0 bridgehead atoms. The summed E-state index contributed by atoms with van der Waals surface area (Å²) in [7, 11) is 0. The summed E-state index contributed by atoms with van der Waals surface area (Å²) in [5.41, 5.74) is -0.204. The Labute approximate surface area is 78.0 Å². The molecule has 1 amide bonds. The van der Waals surface area contributed by atoms with Crippen LogP contribution in [0.3, 0.4) is 0 Å². The molecule has 0 radical (unpaired) electrons. The maximum absolute atomic E-state index is 10.9. The third kappa shape index (κ3) is 1.69. The molecule has 0 aliphatic carbocycles. The smallest absolute Gasteiger partial charge is 0.246 e. The van der Waals surface area contributed by atoms with E-state index in [9.17, 15) is 4.79 Å². The number of hydrogen-bond acceptors (Lipinski definition) is 3. The molecule has 2 atom stereocenters. The van der Waals surface area contributed by atoms with Crippen LogP contribution in [-0.2, 0) is 9.53 Å². The molecule has 2 aliphatic heterocycles. The predicted octanol–water partition coefficient (Wildman–Crippen LogP) is -0.356. The highest BCUT2D eigenvalue weighted by Gasteiger charge is 2.39. The van der Waals surface area contributed by atoms with Gasteiger partial charge >= 0.3 is 0 Å². The van der Waals surface area contributed by atoms with Gasteiger partial charge in [-0.3, -0.25) is 4.79 Å². The van der Waals surface area contributed by atoms with Crippen LogP contribution in [0.5, 0.6) is 0 Å². The van der Waals surface area contributed by atoms with E-state index < -0.39 is 0 Å². The Kier molecular flexibility index (Phi) is 2.26. The van der Waals surface area contributed by atoms with E-state index >= 15 is 0 Å². The second-order valence-corrected chi connectivity index (χ2v) is 4.03. The first-order valence-electron chi connectivity index (χ1n) is 4.85. The minimum absolute atomic E-state index is 0.00419. The standard InChI is InChI=1S/C9H16N2O2/c1-9(7-3-2-4-10-7)6-11-8(12)5-13-9/h7,10H,2-6H2,1H3,(H,11,12). The highest BCUT2D eigenvalue weighted by molar-refractivity contribution is 5.78. The van der Waals surface area contributed by atoms with Gasteiger partial charge in [0.05, 0.1) is 5.60 Å². The molecule has 2 rings (SSSR count). The minimum Gasteiger partial charge on any atom is -0.362 e. The van der Waals surface area contributed by atoms with Gasteiger partial charge in [0.15, 0.2) is 0 Å². The average Bonchev–Trinajstić information content (AvgIpc) is 2.63. The van der Waals surface area contributed by atoms with Gasteiger partial charge in [-0.05, 0) is 26.3 Å². The Hall–Kier alpha value is -0.610. The van der Waals surface area contributed by atoms with Crippen molar-refractivity contribution < 1.29 is 9.53 Å². The first-order chi connectivity index (χ1) is 6.21. The molecule has 13 heavy (non-hydrogen) atoms. The van der Waals surface area contributed by atoms with Gasteiger partial charge in [0, 0.05) is 12.6 Å². The first-order valence-corrected chi connectivity index (χ1v) is 4.85. The van der Waals surface area contributed by atoms with E-state index in [2.05, 4.69) is 17.6 Å². The van der Waals surface area contributed by atoms with Gasteiger partial charge in [0.25, 0.3) is 0 Å². The summed E-state index contributed by atoms with van der Waals surface area (Å²) in [5, 5.41) is 6.25. The van der Waals surface area contributed by atoms with Crippen LogP contribution in [0.25, 0.3) is 0 Å². The van der Waals surface area contributed by atoms with Gasteiger partial charge in [-0.25, -0.2) is 0 Å². The van der Waals surface area contributed by atoms with Gasteiger partial charge in [0.1, 0.15) is 6.61 Å². The number of morpholine rings is 1. The molecule has 0 saturated carbocycles. The van der Waals surface area contributed by atoms with Crippen molar-refractivity contribution in [1.82, 2.24) is 10.6 Å². The molecule has 0 aromatic carbocycles. The zero-order chi connectivity index (χ0) is 9.31. The van der Waals surface area contributed by atoms with Gasteiger partial charge in [-0.1, -0.05) is 0 Å². The minimum atomic E-state index is -0.204. The molecule has 0 aromatic rings. The van der Waals surface area contributed by atoms with E-state index in [0.29, 0.717) is 12.6 Å². The van der Waals surface area contributed by atoms with Gasteiger partial charge in [-0.2, -0.15) is 0 Å². The zero-order valence-corrected chi connectivity index (χ0v) is 7.93. The van der Waals surface area contributed by atoms with Crippen LogP contribution in [-0.4, -0.2) is 37.2 Å². The van der Waals surface area contributed by atoms with Gasteiger partial charge < -0.3 is 15.4 Å². The van der Waals surface area contributed by atoms with Crippen LogP contribution in [0.15, 0.2) is 0 Å². The van der Waals surface area contributed by atoms with E-state index in [4.69, 9.17) is 4.74 Å². The maximum atomic E-state index is 10.9. The monoisotopic (exact) mass is 184 g/mol. The van der Waals surface area contributed by atoms with Crippen molar-refractivity contribution >= 4 is 5.91 Å². The molecule has 4 heteroatoms. The normalized spacial score (nSPS) is 40.4. The lowest BCUT2D eigenvalue weighted by atomic mass is 9.93. The number of nitrogens with one attached hydrogen (secondary N) is 2. The Morgan fingerprint density at radius 2 is 2.46 bits per heavy atom. The van der Waals surface area contributed by atoms with E-state index in [0.717, 1.165) is 13.0 Å². The largest absolute Gasteiger partial charge is 0.362 e. The summed E-state index contributed by atoms with van der Waals surface area (Å²) < 4.78 is 5.59. The van der Waals surface area contributed by atoms with Gasteiger partial charge in [-0.15, -0.1) is 0 Å². The van der Waals surface area contributed by atoms with E-state index in [1.807, 2.05) is 0 Å². The third-order valence-electron chi connectivity index (χ3n) is 2.97. The van der Waals surface area contributed by atoms with E-state index in [-0.39, 0.29) is 18.1 Å². The summed E-state index contributed by atoms with van der Waals surface area (Å²) in [5.74, 6) is -0.00419. The SMILES string of the molecule is CC1(C2CCCN2)CNC(=O)CO1. The lowest BCUT2D eigenvalue weighted by Gasteiger charge is -2.38. The van der Waals surface area contributed by atoms with Crippen molar-refractivity contribution in [2.45, 2.75) is 31.4 Å². The molecule has 2 saturated heterocycles. The molecule has 74 valence electrons. The second-order valence-electron chi connectivity index (χ2n) is 4.03. The molecular formula is C9H16N2O2. The topological polar surface area (TPSA) is 50.4 Å². The zero-order valence-electron chi connectivity index (χ0n) is 7.93. The fourth-order valence-corrected chi connectivity index (χ4v) is 2.04. The molecule has 2 heterocycles. The van der Waals surface area contributed by atoms with Crippen LogP contribution in [0.2, 0.25) is 0 Å². The molecule has 2 N–H and O–H groups in total. The second kappa shape index (κ2) is 3.27. The summed E-state index contributed by atoms with van der Waals surface area (Å²) in [4.78, 5) is 10.9. The molecular weight excluding hydrogens is 168 g/mol. The van der Waals surface area contributed by atoms with E-state index in [1.165, 1.54) is 6.42 Å².